The number of benzene rings is 1. The van der Waals surface area contributed by atoms with Crippen LogP contribution in [0.25, 0.3) is 0 Å². The maximum atomic E-state index is 12.7. The van der Waals surface area contributed by atoms with Crippen LogP contribution in [0.2, 0.25) is 5.02 Å². The Hall–Kier alpha value is -1.46. The molecule has 1 aliphatic rings. The number of likely N-dealkylation sites (tertiary alicyclic amines) is 1. The van der Waals surface area contributed by atoms with Gasteiger partial charge in [0.25, 0.3) is 5.91 Å². The van der Waals surface area contributed by atoms with Crippen LogP contribution in [0, 0.1) is 5.41 Å². The quantitative estimate of drug-likeness (QED) is 0.789. The van der Waals surface area contributed by atoms with Crippen molar-refractivity contribution in [2.24, 2.45) is 5.41 Å². The Balaban J connectivity index is 1.97. The summed E-state index contributed by atoms with van der Waals surface area (Å²) in [7, 11) is 1.53. The van der Waals surface area contributed by atoms with Crippen LogP contribution in [0.1, 0.15) is 37.0 Å². The number of halogens is 2. The third-order valence-corrected chi connectivity index (χ3v) is 5.36. The van der Waals surface area contributed by atoms with Crippen molar-refractivity contribution in [3.05, 3.63) is 28.8 Å². The number of hydrogen-bond acceptors (Lipinski definition) is 3. The number of hydrogen-bond donors (Lipinski definition) is 1. The highest BCUT2D eigenvalue weighted by molar-refractivity contribution is 6.31. The zero-order valence-corrected chi connectivity index (χ0v) is 16.3. The van der Waals surface area contributed by atoms with Crippen LogP contribution in [0.15, 0.2) is 18.2 Å². The van der Waals surface area contributed by atoms with E-state index in [0.29, 0.717) is 42.3 Å². The van der Waals surface area contributed by atoms with E-state index in [2.05, 4.69) is 5.32 Å². The highest BCUT2D eigenvalue weighted by Gasteiger charge is 2.31. The number of carbonyl (C=O) groups is 2. The standard InChI is InChI=1S/C18H24Cl2N2O3/c1-18(2,11-19)17(24)21-13-6-8-22(9-7-13)16(23)14-10-12(20)4-5-15(14)25-3/h4-5,10,13H,6-9,11H2,1-3H3,(H,21,24). The Bertz CT molecular complexity index is 641. The van der Waals surface area contributed by atoms with Crippen molar-refractivity contribution in [3.63, 3.8) is 0 Å². The molecule has 5 nitrogen and oxygen atoms in total. The van der Waals surface area contributed by atoms with Gasteiger partial charge < -0.3 is 15.0 Å². The molecule has 0 atom stereocenters. The summed E-state index contributed by atoms with van der Waals surface area (Å²) < 4.78 is 5.26. The molecule has 1 N–H and O–H groups in total. The van der Waals surface area contributed by atoms with Crippen LogP contribution in [0.5, 0.6) is 5.75 Å². The van der Waals surface area contributed by atoms with Crippen molar-refractivity contribution in [2.45, 2.75) is 32.7 Å². The maximum Gasteiger partial charge on any atom is 0.257 e. The minimum absolute atomic E-state index is 0.0520. The largest absolute Gasteiger partial charge is 0.496 e. The molecular formula is C18H24Cl2N2O3. The zero-order chi connectivity index (χ0) is 18.6. The van der Waals surface area contributed by atoms with Crippen LogP contribution in [0.4, 0.5) is 0 Å². The fraction of sp³-hybridized carbons (Fsp3) is 0.556. The van der Waals surface area contributed by atoms with Crippen molar-refractivity contribution >= 4 is 35.0 Å². The molecule has 0 aliphatic carbocycles. The van der Waals surface area contributed by atoms with E-state index in [1.54, 1.807) is 23.1 Å². The van der Waals surface area contributed by atoms with Gasteiger partial charge in [-0.05, 0) is 44.9 Å². The average Bonchev–Trinajstić information content (AvgIpc) is 2.61. The van der Waals surface area contributed by atoms with Gasteiger partial charge in [-0.15, -0.1) is 11.6 Å². The topological polar surface area (TPSA) is 58.6 Å². The Morgan fingerprint density at radius 3 is 2.52 bits per heavy atom. The molecule has 2 amide bonds. The first-order chi connectivity index (χ1) is 11.8. The summed E-state index contributed by atoms with van der Waals surface area (Å²) in [5, 5.41) is 3.53. The number of piperidine rings is 1. The molecule has 138 valence electrons. The summed E-state index contributed by atoms with van der Waals surface area (Å²) in [6, 6.07) is 5.06. The van der Waals surface area contributed by atoms with Gasteiger partial charge in [-0.3, -0.25) is 9.59 Å². The number of methoxy groups -OCH3 is 1. The molecule has 1 saturated heterocycles. The Labute approximate surface area is 158 Å². The lowest BCUT2D eigenvalue weighted by Crippen LogP contribution is -2.49. The predicted octanol–water partition coefficient (Wildman–Crippen LogP) is 3.33. The second-order valence-electron chi connectivity index (χ2n) is 6.90. The van der Waals surface area contributed by atoms with Gasteiger partial charge in [0.1, 0.15) is 5.75 Å². The van der Waals surface area contributed by atoms with Gasteiger partial charge in [-0.25, -0.2) is 0 Å². The number of nitrogens with zero attached hydrogens (tertiary/aromatic N) is 1. The average molecular weight is 387 g/mol. The predicted molar refractivity (Wildman–Crippen MR) is 99.6 cm³/mol. The lowest BCUT2D eigenvalue weighted by molar-refractivity contribution is -0.129. The smallest absolute Gasteiger partial charge is 0.257 e. The van der Waals surface area contributed by atoms with Crippen molar-refractivity contribution in [1.82, 2.24) is 10.2 Å². The molecule has 0 aromatic heterocycles. The third-order valence-electron chi connectivity index (χ3n) is 4.46. The zero-order valence-electron chi connectivity index (χ0n) is 14.8. The molecule has 7 heteroatoms. The van der Waals surface area contributed by atoms with E-state index in [9.17, 15) is 9.59 Å². The summed E-state index contributed by atoms with van der Waals surface area (Å²) in [6.45, 7) is 4.78. The van der Waals surface area contributed by atoms with Crippen molar-refractivity contribution < 1.29 is 14.3 Å². The van der Waals surface area contributed by atoms with Gasteiger partial charge >= 0.3 is 0 Å². The number of nitrogens with one attached hydrogen (secondary N) is 1. The molecule has 0 spiro atoms. The first-order valence-corrected chi connectivity index (χ1v) is 9.19. The van der Waals surface area contributed by atoms with Gasteiger partial charge in [0.05, 0.1) is 18.1 Å². The Morgan fingerprint density at radius 1 is 1.32 bits per heavy atom. The molecule has 25 heavy (non-hydrogen) atoms. The summed E-state index contributed by atoms with van der Waals surface area (Å²) in [5.74, 6) is 0.618. The molecule has 1 aliphatic heterocycles. The van der Waals surface area contributed by atoms with Gasteiger partial charge in [0.15, 0.2) is 0 Å². The highest BCUT2D eigenvalue weighted by Crippen LogP contribution is 2.26. The van der Waals surface area contributed by atoms with E-state index in [4.69, 9.17) is 27.9 Å². The minimum Gasteiger partial charge on any atom is -0.496 e. The number of rotatable bonds is 5. The van der Waals surface area contributed by atoms with Crippen LogP contribution in [-0.2, 0) is 4.79 Å². The van der Waals surface area contributed by atoms with Gasteiger partial charge in [0, 0.05) is 30.0 Å². The van der Waals surface area contributed by atoms with Gasteiger partial charge in [0.2, 0.25) is 5.91 Å². The first-order valence-electron chi connectivity index (χ1n) is 8.28. The minimum atomic E-state index is -0.595. The van der Waals surface area contributed by atoms with E-state index in [0.717, 1.165) is 0 Å². The summed E-state index contributed by atoms with van der Waals surface area (Å²) in [6.07, 6.45) is 1.41. The Morgan fingerprint density at radius 2 is 1.96 bits per heavy atom. The number of alkyl halides is 1. The second kappa shape index (κ2) is 8.28. The maximum absolute atomic E-state index is 12.7. The van der Waals surface area contributed by atoms with E-state index in [1.807, 2.05) is 13.8 Å². The van der Waals surface area contributed by atoms with E-state index >= 15 is 0 Å². The molecule has 0 saturated carbocycles. The summed E-state index contributed by atoms with van der Waals surface area (Å²) in [4.78, 5) is 26.7. The summed E-state index contributed by atoms with van der Waals surface area (Å²) in [5.41, 5.74) is -0.136. The monoisotopic (exact) mass is 386 g/mol. The number of ether oxygens (including phenoxy) is 1. The van der Waals surface area contributed by atoms with Crippen LogP contribution in [-0.4, -0.2) is 48.8 Å². The van der Waals surface area contributed by atoms with Crippen molar-refractivity contribution in [2.75, 3.05) is 26.1 Å². The Kier molecular flexibility index (Phi) is 6.58. The molecule has 0 radical (unpaired) electrons. The molecule has 0 unspecified atom stereocenters. The molecule has 1 heterocycles. The number of amides is 2. The van der Waals surface area contributed by atoms with Gasteiger partial charge in [-0.1, -0.05) is 11.6 Å². The van der Waals surface area contributed by atoms with E-state index in [1.165, 1.54) is 7.11 Å². The van der Waals surface area contributed by atoms with Crippen molar-refractivity contribution in [1.29, 1.82) is 0 Å². The molecule has 1 aromatic carbocycles. The number of carbonyl (C=O) groups excluding carboxylic acids is 2. The van der Waals surface area contributed by atoms with E-state index in [-0.39, 0.29) is 23.7 Å². The van der Waals surface area contributed by atoms with Gasteiger partial charge in [-0.2, -0.15) is 0 Å². The first kappa shape index (κ1) is 19.9. The molecular weight excluding hydrogens is 363 g/mol. The van der Waals surface area contributed by atoms with Crippen LogP contribution in [0.3, 0.4) is 0 Å². The fourth-order valence-corrected chi connectivity index (χ4v) is 2.98. The third kappa shape index (κ3) is 4.79. The second-order valence-corrected chi connectivity index (χ2v) is 7.61. The lowest BCUT2D eigenvalue weighted by Gasteiger charge is -2.34. The summed E-state index contributed by atoms with van der Waals surface area (Å²) >= 11 is 11.9. The molecule has 1 fully saturated rings. The molecule has 0 bridgehead atoms. The highest BCUT2D eigenvalue weighted by atomic mass is 35.5. The lowest BCUT2D eigenvalue weighted by atomic mass is 9.93. The normalized spacial score (nSPS) is 15.8. The molecule has 2 rings (SSSR count). The van der Waals surface area contributed by atoms with Crippen molar-refractivity contribution in [3.8, 4) is 5.75 Å². The fourth-order valence-electron chi connectivity index (χ4n) is 2.69. The molecule has 1 aromatic rings. The van der Waals surface area contributed by atoms with E-state index < -0.39 is 5.41 Å². The van der Waals surface area contributed by atoms with Crippen LogP contribution >= 0.6 is 23.2 Å². The van der Waals surface area contributed by atoms with Crippen LogP contribution < -0.4 is 10.1 Å². The SMILES string of the molecule is COc1ccc(Cl)cc1C(=O)N1CCC(NC(=O)C(C)(C)CCl)CC1.